The molecule has 120 valence electrons. The number of hydrogen-bond acceptors (Lipinski definition) is 2. The van der Waals surface area contributed by atoms with E-state index in [4.69, 9.17) is 5.73 Å². The van der Waals surface area contributed by atoms with E-state index >= 15 is 0 Å². The van der Waals surface area contributed by atoms with Crippen LogP contribution in [0.15, 0.2) is 24.3 Å². The van der Waals surface area contributed by atoms with Crippen LogP contribution in [0.1, 0.15) is 52.1 Å². The maximum absolute atomic E-state index is 13.8. The van der Waals surface area contributed by atoms with Gasteiger partial charge in [-0.3, -0.25) is 0 Å². The largest absolute Gasteiger partial charge is 0.324 e. The van der Waals surface area contributed by atoms with Gasteiger partial charge in [-0.05, 0) is 24.4 Å². The SMILES string of the molecule is CCC(CC)CN(CC)CC(C)C(N)c1ccccc1F. The van der Waals surface area contributed by atoms with Gasteiger partial charge in [0.2, 0.25) is 0 Å². The van der Waals surface area contributed by atoms with Crippen molar-refractivity contribution >= 4 is 0 Å². The van der Waals surface area contributed by atoms with Crippen LogP contribution in [0, 0.1) is 17.7 Å². The molecule has 0 aliphatic heterocycles. The first kappa shape index (κ1) is 18.1. The van der Waals surface area contributed by atoms with Crippen LogP contribution >= 0.6 is 0 Å². The molecule has 21 heavy (non-hydrogen) atoms. The Bertz CT molecular complexity index is 404. The molecule has 0 aliphatic carbocycles. The summed E-state index contributed by atoms with van der Waals surface area (Å²) in [5.74, 6) is 0.776. The van der Waals surface area contributed by atoms with Gasteiger partial charge < -0.3 is 10.6 Å². The molecule has 0 aromatic heterocycles. The molecule has 2 nitrogen and oxygen atoms in total. The second-order valence-corrected chi connectivity index (χ2v) is 6.06. The van der Waals surface area contributed by atoms with Gasteiger partial charge in [0.05, 0.1) is 0 Å². The van der Waals surface area contributed by atoms with Gasteiger partial charge in [0.25, 0.3) is 0 Å². The van der Waals surface area contributed by atoms with E-state index in [1.165, 1.54) is 18.9 Å². The first-order valence-electron chi connectivity index (χ1n) is 8.25. The minimum Gasteiger partial charge on any atom is -0.324 e. The molecule has 0 radical (unpaired) electrons. The summed E-state index contributed by atoms with van der Waals surface area (Å²) in [6.45, 7) is 11.8. The number of hydrogen-bond donors (Lipinski definition) is 1. The summed E-state index contributed by atoms with van der Waals surface area (Å²) >= 11 is 0. The lowest BCUT2D eigenvalue weighted by Gasteiger charge is -2.30. The van der Waals surface area contributed by atoms with Gasteiger partial charge in [-0.25, -0.2) is 4.39 Å². The number of rotatable bonds is 9. The average Bonchev–Trinajstić information content (AvgIpc) is 2.50. The molecule has 3 heteroatoms. The summed E-state index contributed by atoms with van der Waals surface area (Å²) in [6, 6.07) is 6.60. The van der Waals surface area contributed by atoms with Gasteiger partial charge in [-0.2, -0.15) is 0 Å². The van der Waals surface area contributed by atoms with Gasteiger partial charge in [0.15, 0.2) is 0 Å². The molecule has 0 bridgehead atoms. The highest BCUT2D eigenvalue weighted by Gasteiger charge is 2.21. The van der Waals surface area contributed by atoms with E-state index in [0.29, 0.717) is 5.56 Å². The minimum atomic E-state index is -0.248. The molecule has 1 aromatic carbocycles. The van der Waals surface area contributed by atoms with Crippen LogP contribution in [0.5, 0.6) is 0 Å². The fourth-order valence-electron chi connectivity index (χ4n) is 2.82. The van der Waals surface area contributed by atoms with Gasteiger partial charge in [0, 0.05) is 24.7 Å². The van der Waals surface area contributed by atoms with Crippen molar-refractivity contribution in [3.8, 4) is 0 Å². The molecule has 2 atom stereocenters. The van der Waals surface area contributed by atoms with E-state index in [1.807, 2.05) is 6.07 Å². The molecule has 0 saturated carbocycles. The van der Waals surface area contributed by atoms with E-state index in [-0.39, 0.29) is 17.8 Å². The summed E-state index contributed by atoms with van der Waals surface area (Å²) in [5, 5.41) is 0. The van der Waals surface area contributed by atoms with Crippen LogP contribution in [0.2, 0.25) is 0 Å². The molecule has 1 rings (SSSR count). The van der Waals surface area contributed by atoms with Gasteiger partial charge in [-0.15, -0.1) is 0 Å². The standard InChI is InChI=1S/C18H31FN2/c1-5-15(6-2)13-21(7-3)12-14(4)18(20)16-10-8-9-11-17(16)19/h8-11,14-15,18H,5-7,12-13,20H2,1-4H3. The Hall–Kier alpha value is -0.930. The lowest BCUT2D eigenvalue weighted by atomic mass is 9.93. The third-order valence-electron chi connectivity index (χ3n) is 4.54. The van der Waals surface area contributed by atoms with Crippen LogP contribution in [-0.2, 0) is 0 Å². The zero-order valence-corrected chi connectivity index (χ0v) is 14.0. The zero-order valence-electron chi connectivity index (χ0n) is 14.0. The van der Waals surface area contributed by atoms with Crippen molar-refractivity contribution < 1.29 is 4.39 Å². The van der Waals surface area contributed by atoms with E-state index in [0.717, 1.165) is 25.6 Å². The summed E-state index contributed by atoms with van der Waals surface area (Å²) in [6.07, 6.45) is 2.42. The first-order chi connectivity index (χ1) is 10.0. The third-order valence-corrected chi connectivity index (χ3v) is 4.54. The number of halogens is 1. The molecular weight excluding hydrogens is 263 g/mol. The Kier molecular flexibility index (Phi) is 7.91. The van der Waals surface area contributed by atoms with E-state index in [9.17, 15) is 4.39 Å². The number of benzene rings is 1. The molecule has 0 spiro atoms. The summed E-state index contributed by atoms with van der Waals surface area (Å²) in [7, 11) is 0. The van der Waals surface area contributed by atoms with Crippen molar-refractivity contribution in [2.45, 2.75) is 46.6 Å². The highest BCUT2D eigenvalue weighted by atomic mass is 19.1. The molecular formula is C18H31FN2. The molecule has 0 amide bonds. The molecule has 0 saturated heterocycles. The van der Waals surface area contributed by atoms with E-state index < -0.39 is 0 Å². The highest BCUT2D eigenvalue weighted by Crippen LogP contribution is 2.23. The molecule has 2 N–H and O–H groups in total. The summed E-state index contributed by atoms with van der Waals surface area (Å²) in [5.41, 5.74) is 6.90. The Morgan fingerprint density at radius 3 is 2.24 bits per heavy atom. The van der Waals surface area contributed by atoms with Crippen LogP contribution in [0.25, 0.3) is 0 Å². The van der Waals surface area contributed by atoms with Gasteiger partial charge in [-0.1, -0.05) is 58.7 Å². The van der Waals surface area contributed by atoms with Gasteiger partial charge >= 0.3 is 0 Å². The lowest BCUT2D eigenvalue weighted by molar-refractivity contribution is 0.194. The maximum atomic E-state index is 13.8. The van der Waals surface area contributed by atoms with Crippen molar-refractivity contribution in [2.24, 2.45) is 17.6 Å². The van der Waals surface area contributed by atoms with Crippen molar-refractivity contribution in [1.29, 1.82) is 0 Å². The Morgan fingerprint density at radius 2 is 1.71 bits per heavy atom. The number of nitrogens with zero attached hydrogens (tertiary/aromatic N) is 1. The van der Waals surface area contributed by atoms with Crippen molar-refractivity contribution in [3.63, 3.8) is 0 Å². The Morgan fingerprint density at radius 1 is 1.10 bits per heavy atom. The molecule has 1 aromatic rings. The Balaban J connectivity index is 2.65. The minimum absolute atomic E-state index is 0.195. The summed E-state index contributed by atoms with van der Waals surface area (Å²) in [4.78, 5) is 2.45. The first-order valence-corrected chi connectivity index (χ1v) is 8.25. The topological polar surface area (TPSA) is 29.3 Å². The predicted octanol–water partition coefficient (Wildman–Crippen LogP) is 4.22. The van der Waals surface area contributed by atoms with Crippen LogP contribution in [0.3, 0.4) is 0 Å². The quantitative estimate of drug-likeness (QED) is 0.739. The molecule has 0 aliphatic rings. The van der Waals surface area contributed by atoms with Crippen molar-refractivity contribution in [3.05, 3.63) is 35.6 Å². The second kappa shape index (κ2) is 9.16. The van der Waals surface area contributed by atoms with Gasteiger partial charge in [0.1, 0.15) is 5.82 Å². The van der Waals surface area contributed by atoms with Crippen LogP contribution < -0.4 is 5.73 Å². The second-order valence-electron chi connectivity index (χ2n) is 6.06. The maximum Gasteiger partial charge on any atom is 0.127 e. The van der Waals surface area contributed by atoms with E-state index in [2.05, 4.69) is 32.6 Å². The average molecular weight is 294 g/mol. The third kappa shape index (κ3) is 5.40. The smallest absolute Gasteiger partial charge is 0.127 e. The fourth-order valence-corrected chi connectivity index (χ4v) is 2.82. The van der Waals surface area contributed by atoms with Crippen LogP contribution in [-0.4, -0.2) is 24.5 Å². The normalized spacial score (nSPS) is 14.7. The van der Waals surface area contributed by atoms with Crippen molar-refractivity contribution in [2.75, 3.05) is 19.6 Å². The van der Waals surface area contributed by atoms with Crippen LogP contribution in [0.4, 0.5) is 4.39 Å². The molecule has 2 unspecified atom stereocenters. The zero-order chi connectivity index (χ0) is 15.8. The molecule has 0 heterocycles. The number of nitrogens with two attached hydrogens (primary N) is 1. The predicted molar refractivity (Wildman–Crippen MR) is 88.7 cm³/mol. The fraction of sp³-hybridized carbons (Fsp3) is 0.667. The Labute approximate surface area is 129 Å². The highest BCUT2D eigenvalue weighted by molar-refractivity contribution is 5.21. The summed E-state index contributed by atoms with van der Waals surface area (Å²) < 4.78 is 13.8. The van der Waals surface area contributed by atoms with Crippen molar-refractivity contribution in [1.82, 2.24) is 4.90 Å². The monoisotopic (exact) mass is 294 g/mol. The van der Waals surface area contributed by atoms with E-state index in [1.54, 1.807) is 12.1 Å². The lowest BCUT2D eigenvalue weighted by Crippen LogP contribution is -2.36. The molecule has 0 fully saturated rings.